The van der Waals surface area contributed by atoms with E-state index >= 15 is 0 Å². The lowest BCUT2D eigenvalue weighted by Gasteiger charge is -2.13. The molecule has 3 heterocycles. The van der Waals surface area contributed by atoms with Crippen LogP contribution in [-0.2, 0) is 24.5 Å². The molecule has 0 amide bonds. The molecule has 0 radical (unpaired) electrons. The molecule has 0 saturated carbocycles. The minimum atomic E-state index is -0.937. The minimum Gasteiger partial charge on any atom is -0.477 e. The fourth-order valence-corrected chi connectivity index (χ4v) is 3.82. The molecule has 0 aliphatic carbocycles. The number of nitrogens with zero attached hydrogens (tertiary/aromatic N) is 2. The molecule has 0 spiro atoms. The summed E-state index contributed by atoms with van der Waals surface area (Å²) >= 11 is 0. The van der Waals surface area contributed by atoms with Crippen molar-refractivity contribution in [3.05, 3.63) is 77.2 Å². The van der Waals surface area contributed by atoms with Crippen molar-refractivity contribution in [2.24, 2.45) is 0 Å². The highest BCUT2D eigenvalue weighted by atomic mass is 16.5. The number of aromatic nitrogens is 3. The van der Waals surface area contributed by atoms with Crippen LogP contribution in [0.2, 0.25) is 0 Å². The molecule has 2 aromatic carbocycles. The van der Waals surface area contributed by atoms with E-state index in [4.69, 9.17) is 4.74 Å². The topological polar surface area (TPSA) is 80.1 Å². The van der Waals surface area contributed by atoms with Gasteiger partial charge in [-0.2, -0.15) is 5.10 Å². The number of carboxylic acid groups (broad SMARTS) is 1. The van der Waals surface area contributed by atoms with Gasteiger partial charge in [-0.1, -0.05) is 42.5 Å². The van der Waals surface area contributed by atoms with Crippen LogP contribution in [0.5, 0.6) is 0 Å². The Balaban J connectivity index is 1.86. The summed E-state index contributed by atoms with van der Waals surface area (Å²) in [5.41, 5.74) is 6.04. The van der Waals surface area contributed by atoms with Crippen molar-refractivity contribution in [2.75, 3.05) is 0 Å². The zero-order chi connectivity index (χ0) is 18.4. The maximum absolute atomic E-state index is 11.9. The number of hydrogen-bond donors (Lipinski definition) is 2. The van der Waals surface area contributed by atoms with Crippen LogP contribution in [0.4, 0.5) is 0 Å². The van der Waals surface area contributed by atoms with Crippen LogP contribution >= 0.6 is 0 Å². The summed E-state index contributed by atoms with van der Waals surface area (Å²) in [6.45, 7) is 1.33. The van der Waals surface area contributed by atoms with Crippen LogP contribution in [0.15, 0.2) is 54.7 Å². The second kappa shape index (κ2) is 6.10. The average molecular weight is 359 g/mol. The molecule has 0 unspecified atom stereocenters. The van der Waals surface area contributed by atoms with E-state index < -0.39 is 5.97 Å². The van der Waals surface area contributed by atoms with Gasteiger partial charge in [0.15, 0.2) is 0 Å². The van der Waals surface area contributed by atoms with Gasteiger partial charge in [-0.25, -0.2) is 4.79 Å². The number of carbonyl (C=O) groups is 1. The molecule has 1 aliphatic heterocycles. The summed E-state index contributed by atoms with van der Waals surface area (Å²) in [7, 11) is 0. The predicted molar refractivity (Wildman–Crippen MR) is 101 cm³/mol. The van der Waals surface area contributed by atoms with Crippen molar-refractivity contribution < 1.29 is 14.6 Å². The summed E-state index contributed by atoms with van der Waals surface area (Å²) in [6.07, 6.45) is 1.77. The Labute approximate surface area is 155 Å². The first-order valence-corrected chi connectivity index (χ1v) is 8.75. The molecule has 0 saturated heterocycles. The van der Waals surface area contributed by atoms with Crippen LogP contribution in [0.25, 0.3) is 22.0 Å². The van der Waals surface area contributed by atoms with Gasteiger partial charge >= 0.3 is 5.97 Å². The van der Waals surface area contributed by atoms with Gasteiger partial charge in [0.05, 0.1) is 30.6 Å². The number of hydrogen-bond acceptors (Lipinski definition) is 3. The number of nitrogens with one attached hydrogen (secondary N) is 1. The number of H-pyrrole nitrogens is 1. The molecule has 2 aromatic heterocycles. The molecule has 5 rings (SSSR count). The summed E-state index contributed by atoms with van der Waals surface area (Å²) in [5.74, 6) is -0.937. The van der Waals surface area contributed by atoms with E-state index in [0.29, 0.717) is 19.8 Å². The van der Waals surface area contributed by atoms with E-state index in [1.54, 1.807) is 12.3 Å². The predicted octanol–water partition coefficient (Wildman–Crippen LogP) is 3.81. The molecule has 6 nitrogen and oxygen atoms in total. The van der Waals surface area contributed by atoms with Gasteiger partial charge in [0.25, 0.3) is 0 Å². The third-order valence-corrected chi connectivity index (χ3v) is 5.10. The van der Waals surface area contributed by atoms with Gasteiger partial charge in [0.1, 0.15) is 5.69 Å². The van der Waals surface area contributed by atoms with Crippen LogP contribution in [-0.4, -0.2) is 25.8 Å². The van der Waals surface area contributed by atoms with Gasteiger partial charge in [-0.3, -0.25) is 5.10 Å². The van der Waals surface area contributed by atoms with E-state index in [0.717, 1.165) is 38.9 Å². The molecule has 4 aromatic rings. The van der Waals surface area contributed by atoms with Crippen molar-refractivity contribution in [2.45, 2.75) is 19.8 Å². The van der Waals surface area contributed by atoms with E-state index in [9.17, 15) is 9.90 Å². The molecular weight excluding hydrogens is 342 g/mol. The second-order valence-electron chi connectivity index (χ2n) is 6.69. The quantitative estimate of drug-likeness (QED) is 0.542. The first-order valence-electron chi connectivity index (χ1n) is 8.75. The number of fused-ring (bicyclic) bond motifs is 3. The van der Waals surface area contributed by atoms with Gasteiger partial charge in [-0.15, -0.1) is 0 Å². The third-order valence-electron chi connectivity index (χ3n) is 5.10. The smallest absolute Gasteiger partial charge is 0.352 e. The maximum atomic E-state index is 11.9. The first-order chi connectivity index (χ1) is 13.2. The zero-order valence-electron chi connectivity index (χ0n) is 14.5. The highest BCUT2D eigenvalue weighted by Crippen LogP contribution is 2.34. The Morgan fingerprint density at radius 2 is 1.93 bits per heavy atom. The number of aromatic amines is 1. The Morgan fingerprint density at radius 3 is 2.78 bits per heavy atom. The number of benzene rings is 2. The highest BCUT2D eigenvalue weighted by molar-refractivity contribution is 6.01. The summed E-state index contributed by atoms with van der Waals surface area (Å²) in [6, 6.07) is 15.6. The van der Waals surface area contributed by atoms with Crippen LogP contribution in [0.1, 0.15) is 27.3 Å². The average Bonchev–Trinajstić information content (AvgIpc) is 3.27. The molecule has 0 fully saturated rings. The largest absolute Gasteiger partial charge is 0.477 e. The highest BCUT2D eigenvalue weighted by Gasteiger charge is 2.21. The van der Waals surface area contributed by atoms with Crippen LogP contribution in [0, 0.1) is 0 Å². The van der Waals surface area contributed by atoms with Crippen molar-refractivity contribution >= 4 is 16.9 Å². The monoisotopic (exact) mass is 359 g/mol. The molecular formula is C21H17N3O3. The van der Waals surface area contributed by atoms with Gasteiger partial charge in [0, 0.05) is 23.1 Å². The van der Waals surface area contributed by atoms with Crippen LogP contribution in [0.3, 0.4) is 0 Å². The number of carboxylic acids is 1. The summed E-state index contributed by atoms with van der Waals surface area (Å²) in [5, 5.41) is 17.9. The van der Waals surface area contributed by atoms with Crippen molar-refractivity contribution in [1.82, 2.24) is 14.8 Å². The molecule has 134 valence electrons. The number of para-hydroxylation sites is 1. The van der Waals surface area contributed by atoms with E-state index in [-0.39, 0.29) is 5.69 Å². The molecule has 1 aliphatic rings. The van der Waals surface area contributed by atoms with Crippen LogP contribution < -0.4 is 0 Å². The molecule has 0 atom stereocenters. The van der Waals surface area contributed by atoms with Crippen molar-refractivity contribution in [3.8, 4) is 11.1 Å². The lowest BCUT2D eigenvalue weighted by molar-refractivity contribution is 0.0686. The number of aromatic carboxylic acids is 1. The lowest BCUT2D eigenvalue weighted by atomic mass is 10.0. The standard InChI is InChI=1S/C21H17N3O3/c25-21(26)19-8-13-6-3-7-16-17-9-22-23-18(17)12-27-11-15-5-2-1-4-14(15)10-24(19)20(13)16/h1-9H,10-12H2,(H,22,23)(H,25,26). The molecule has 27 heavy (non-hydrogen) atoms. The first kappa shape index (κ1) is 15.8. The zero-order valence-corrected chi connectivity index (χ0v) is 14.5. The van der Waals surface area contributed by atoms with Crippen molar-refractivity contribution in [3.63, 3.8) is 0 Å². The fraction of sp³-hybridized carbons (Fsp3) is 0.143. The maximum Gasteiger partial charge on any atom is 0.352 e. The second-order valence-corrected chi connectivity index (χ2v) is 6.69. The SMILES string of the molecule is O=C(O)c1cc2cccc3c2n1Cc1ccccc1COCc1[nH]ncc1-3. The van der Waals surface area contributed by atoms with Gasteiger partial charge in [0.2, 0.25) is 0 Å². The van der Waals surface area contributed by atoms with Gasteiger partial charge in [-0.05, 0) is 17.2 Å². The van der Waals surface area contributed by atoms with Crippen molar-refractivity contribution in [1.29, 1.82) is 0 Å². The fourth-order valence-electron chi connectivity index (χ4n) is 3.82. The minimum absolute atomic E-state index is 0.275. The molecule has 6 heteroatoms. The lowest BCUT2D eigenvalue weighted by Crippen LogP contribution is -2.11. The normalized spacial score (nSPS) is 13.6. The Hall–Kier alpha value is -3.38. The molecule has 0 bridgehead atoms. The van der Waals surface area contributed by atoms with E-state index in [2.05, 4.69) is 10.2 Å². The number of ether oxygens (including phenoxy) is 1. The van der Waals surface area contributed by atoms with Gasteiger partial charge < -0.3 is 14.4 Å². The summed E-state index contributed by atoms with van der Waals surface area (Å²) < 4.78 is 7.81. The Bertz CT molecular complexity index is 1170. The molecule has 2 N–H and O–H groups in total. The van der Waals surface area contributed by atoms with E-state index in [1.165, 1.54) is 0 Å². The Kier molecular flexibility index (Phi) is 3.58. The van der Waals surface area contributed by atoms with E-state index in [1.807, 2.05) is 47.0 Å². The Morgan fingerprint density at radius 1 is 1.07 bits per heavy atom. The number of rotatable bonds is 1. The third kappa shape index (κ3) is 2.53. The summed E-state index contributed by atoms with van der Waals surface area (Å²) in [4.78, 5) is 11.9.